The summed E-state index contributed by atoms with van der Waals surface area (Å²) in [6.45, 7) is 2.43. The van der Waals surface area contributed by atoms with Crippen molar-refractivity contribution in [3.05, 3.63) is 47.9 Å². The zero-order chi connectivity index (χ0) is 17.9. The number of hydrogen-bond donors (Lipinski definition) is 0. The van der Waals surface area contributed by atoms with Gasteiger partial charge in [-0.3, -0.25) is 4.79 Å². The Morgan fingerprint density at radius 2 is 2.00 bits per heavy atom. The number of amides is 1. The number of aromatic nitrogens is 4. The average molecular weight is 353 g/mol. The van der Waals surface area contributed by atoms with E-state index in [0.29, 0.717) is 29.7 Å². The highest BCUT2D eigenvalue weighted by Crippen LogP contribution is 2.30. The van der Waals surface area contributed by atoms with Crippen molar-refractivity contribution in [3.8, 4) is 11.5 Å². The molecule has 1 unspecified atom stereocenters. The molecule has 0 N–H and O–H groups in total. The number of likely N-dealkylation sites (tertiary alicyclic amines) is 1. The molecule has 3 heterocycles. The van der Waals surface area contributed by atoms with Crippen molar-refractivity contribution in [3.63, 3.8) is 0 Å². The van der Waals surface area contributed by atoms with Crippen LogP contribution in [-0.4, -0.2) is 37.7 Å². The summed E-state index contributed by atoms with van der Waals surface area (Å²) in [5.41, 5.74) is 1.40. The summed E-state index contributed by atoms with van der Waals surface area (Å²) in [6.07, 6.45) is 5.25. The molecule has 134 valence electrons. The lowest BCUT2D eigenvalue weighted by atomic mass is 10.1. The largest absolute Gasteiger partial charge is 0.421 e. The minimum atomic E-state index is -0.151. The highest BCUT2D eigenvalue weighted by molar-refractivity contribution is 5.94. The lowest BCUT2D eigenvalue weighted by Crippen LogP contribution is -2.35. The fourth-order valence-electron chi connectivity index (χ4n) is 3.28. The molecule has 1 aliphatic rings. The molecule has 0 bridgehead atoms. The lowest BCUT2D eigenvalue weighted by Gasteiger charge is -2.28. The van der Waals surface area contributed by atoms with Crippen molar-refractivity contribution in [2.75, 3.05) is 6.54 Å². The van der Waals surface area contributed by atoms with Crippen LogP contribution in [0.4, 0.5) is 0 Å². The SMILES string of the molecule is Cc1nnc(-c2ccc(C(=O)N3CCCCCC3c3ncon3)cc2)o1. The minimum absolute atomic E-state index is 0.0324. The van der Waals surface area contributed by atoms with Gasteiger partial charge < -0.3 is 13.8 Å². The number of nitrogens with zero attached hydrogens (tertiary/aromatic N) is 5. The summed E-state index contributed by atoms with van der Waals surface area (Å²) >= 11 is 0. The van der Waals surface area contributed by atoms with E-state index in [1.165, 1.54) is 6.39 Å². The third-order valence-corrected chi connectivity index (χ3v) is 4.59. The molecule has 26 heavy (non-hydrogen) atoms. The van der Waals surface area contributed by atoms with Crippen LogP contribution >= 0.6 is 0 Å². The van der Waals surface area contributed by atoms with Crippen LogP contribution in [0.25, 0.3) is 11.5 Å². The minimum Gasteiger partial charge on any atom is -0.421 e. The standard InChI is InChI=1S/C18H19N5O3/c1-12-20-21-17(26-12)13-6-8-14(9-7-13)18(24)23-10-4-2-3-5-15(23)16-19-11-25-22-16/h6-9,11,15H,2-5,10H2,1H3. The molecule has 1 aromatic carbocycles. The quantitative estimate of drug-likeness (QED) is 0.713. The van der Waals surface area contributed by atoms with E-state index in [4.69, 9.17) is 8.94 Å². The Kier molecular flexibility index (Phi) is 4.47. The third kappa shape index (κ3) is 3.22. The molecule has 1 amide bonds. The normalized spacial score (nSPS) is 17.9. The van der Waals surface area contributed by atoms with Gasteiger partial charge in [0.25, 0.3) is 5.91 Å². The molecule has 0 radical (unpaired) electrons. The smallest absolute Gasteiger partial charge is 0.254 e. The highest BCUT2D eigenvalue weighted by Gasteiger charge is 2.30. The summed E-state index contributed by atoms with van der Waals surface area (Å²) in [5, 5.41) is 11.8. The fourth-order valence-corrected chi connectivity index (χ4v) is 3.28. The third-order valence-electron chi connectivity index (χ3n) is 4.59. The Morgan fingerprint density at radius 1 is 1.15 bits per heavy atom. The number of aryl methyl sites for hydroxylation is 1. The monoisotopic (exact) mass is 353 g/mol. The van der Waals surface area contributed by atoms with Crippen LogP contribution in [0.3, 0.4) is 0 Å². The molecular formula is C18H19N5O3. The molecule has 1 fully saturated rings. The predicted molar refractivity (Wildman–Crippen MR) is 91.0 cm³/mol. The maximum atomic E-state index is 13.1. The molecule has 1 aliphatic heterocycles. The first-order chi connectivity index (χ1) is 12.7. The second-order valence-electron chi connectivity index (χ2n) is 6.36. The van der Waals surface area contributed by atoms with Gasteiger partial charge in [0, 0.05) is 24.6 Å². The Bertz CT molecular complexity index is 873. The maximum absolute atomic E-state index is 13.1. The van der Waals surface area contributed by atoms with Gasteiger partial charge >= 0.3 is 0 Å². The first kappa shape index (κ1) is 16.4. The summed E-state index contributed by atoms with van der Waals surface area (Å²) in [7, 11) is 0. The van der Waals surface area contributed by atoms with Crippen LogP contribution in [0.5, 0.6) is 0 Å². The van der Waals surface area contributed by atoms with E-state index in [9.17, 15) is 4.79 Å². The van der Waals surface area contributed by atoms with Gasteiger partial charge in [-0.25, -0.2) is 0 Å². The van der Waals surface area contributed by atoms with E-state index in [2.05, 4.69) is 20.3 Å². The second kappa shape index (κ2) is 7.07. The predicted octanol–water partition coefficient (Wildman–Crippen LogP) is 3.19. The second-order valence-corrected chi connectivity index (χ2v) is 6.36. The van der Waals surface area contributed by atoms with Gasteiger partial charge in [0.15, 0.2) is 5.82 Å². The Hall–Kier alpha value is -3.03. The van der Waals surface area contributed by atoms with E-state index in [1.807, 2.05) is 17.0 Å². The Labute approximate surface area is 150 Å². The molecule has 0 saturated carbocycles. The Morgan fingerprint density at radius 3 is 2.69 bits per heavy atom. The van der Waals surface area contributed by atoms with Crippen molar-refractivity contribution in [1.29, 1.82) is 0 Å². The summed E-state index contributed by atoms with van der Waals surface area (Å²) < 4.78 is 10.3. The van der Waals surface area contributed by atoms with Gasteiger partial charge in [-0.05, 0) is 37.1 Å². The van der Waals surface area contributed by atoms with E-state index in [1.54, 1.807) is 19.1 Å². The van der Waals surface area contributed by atoms with E-state index in [-0.39, 0.29) is 11.9 Å². The number of carbonyl (C=O) groups excluding carboxylic acids is 1. The number of carbonyl (C=O) groups is 1. The molecule has 2 aromatic heterocycles. The van der Waals surface area contributed by atoms with Crippen molar-refractivity contribution in [2.24, 2.45) is 0 Å². The van der Waals surface area contributed by atoms with Crippen molar-refractivity contribution in [1.82, 2.24) is 25.2 Å². The van der Waals surface area contributed by atoms with Gasteiger partial charge in [0.1, 0.15) is 0 Å². The maximum Gasteiger partial charge on any atom is 0.254 e. The van der Waals surface area contributed by atoms with E-state index < -0.39 is 0 Å². The van der Waals surface area contributed by atoms with Crippen LogP contribution in [0.1, 0.15) is 53.8 Å². The van der Waals surface area contributed by atoms with Crippen LogP contribution < -0.4 is 0 Å². The molecule has 1 saturated heterocycles. The van der Waals surface area contributed by atoms with Crippen molar-refractivity contribution >= 4 is 5.91 Å². The molecule has 4 rings (SSSR count). The van der Waals surface area contributed by atoms with Crippen LogP contribution in [0.2, 0.25) is 0 Å². The molecule has 8 nitrogen and oxygen atoms in total. The molecule has 3 aromatic rings. The number of rotatable bonds is 3. The zero-order valence-corrected chi connectivity index (χ0v) is 14.5. The van der Waals surface area contributed by atoms with Crippen molar-refractivity contribution in [2.45, 2.75) is 38.6 Å². The van der Waals surface area contributed by atoms with Gasteiger partial charge in [-0.15, -0.1) is 10.2 Å². The molecule has 8 heteroatoms. The van der Waals surface area contributed by atoms with Crippen molar-refractivity contribution < 1.29 is 13.7 Å². The average Bonchev–Trinajstić information content (AvgIpc) is 3.28. The van der Waals surface area contributed by atoms with Gasteiger partial charge in [-0.1, -0.05) is 18.0 Å². The van der Waals surface area contributed by atoms with Crippen LogP contribution in [-0.2, 0) is 0 Å². The first-order valence-corrected chi connectivity index (χ1v) is 8.70. The highest BCUT2D eigenvalue weighted by atomic mass is 16.5. The summed E-state index contributed by atoms with van der Waals surface area (Å²) in [5.74, 6) is 1.49. The molecule has 0 spiro atoms. The van der Waals surface area contributed by atoms with Crippen LogP contribution in [0.15, 0.2) is 39.6 Å². The topological polar surface area (TPSA) is 98.2 Å². The molecule has 0 aliphatic carbocycles. The van der Waals surface area contributed by atoms with Gasteiger partial charge in [-0.2, -0.15) is 4.98 Å². The fraction of sp³-hybridized carbons (Fsp3) is 0.389. The molecule has 1 atom stereocenters. The molecular weight excluding hydrogens is 334 g/mol. The van der Waals surface area contributed by atoms with E-state index >= 15 is 0 Å². The first-order valence-electron chi connectivity index (χ1n) is 8.70. The van der Waals surface area contributed by atoms with E-state index in [0.717, 1.165) is 31.2 Å². The number of benzene rings is 1. The Balaban J connectivity index is 1.58. The van der Waals surface area contributed by atoms with Crippen LogP contribution in [0, 0.1) is 6.92 Å². The van der Waals surface area contributed by atoms with Gasteiger partial charge in [0.05, 0.1) is 6.04 Å². The number of hydrogen-bond acceptors (Lipinski definition) is 7. The summed E-state index contributed by atoms with van der Waals surface area (Å²) in [4.78, 5) is 19.1. The zero-order valence-electron chi connectivity index (χ0n) is 14.5. The summed E-state index contributed by atoms with van der Waals surface area (Å²) in [6, 6.07) is 7.06. The van der Waals surface area contributed by atoms with Gasteiger partial charge in [0.2, 0.25) is 18.2 Å². The lowest BCUT2D eigenvalue weighted by molar-refractivity contribution is 0.0670.